The van der Waals surface area contributed by atoms with Gasteiger partial charge in [-0.2, -0.15) is 0 Å². The molecule has 2 atom stereocenters. The maximum Gasteiger partial charge on any atom is 0.509 e. The standard InChI is InChI=1S/C19H18BrCl6NO8/c20-13-3-1-11(2-4-13)17(35-16(31)34-10-19(24,25)26)5-6-27(14(28)29)7-12(17)8-32-15(30)33-9-18(21,22)23/h1-4,12H,5-10H2,(H,28,29)/p-1. The van der Waals surface area contributed by atoms with Crippen LogP contribution in [-0.2, 0) is 24.5 Å². The number of carbonyl (C=O) groups excluding carboxylic acids is 3. The molecule has 1 aromatic rings. The first-order valence-corrected chi connectivity index (χ1v) is 12.7. The number of benzene rings is 1. The Bertz CT molecular complexity index is 910. The number of ether oxygens (including phenoxy) is 4. The topological polar surface area (TPSA) is 114 Å². The molecule has 0 radical (unpaired) electrons. The molecule has 1 aliphatic heterocycles. The molecular weight excluding hydrogens is 663 g/mol. The van der Waals surface area contributed by atoms with E-state index in [4.69, 9.17) is 88.6 Å². The van der Waals surface area contributed by atoms with E-state index in [0.717, 1.165) is 9.37 Å². The van der Waals surface area contributed by atoms with Gasteiger partial charge in [0.05, 0.1) is 5.92 Å². The summed E-state index contributed by atoms with van der Waals surface area (Å²) in [5.41, 5.74) is -1.04. The van der Waals surface area contributed by atoms with Gasteiger partial charge in [-0.3, -0.25) is 0 Å². The Labute approximate surface area is 238 Å². The summed E-state index contributed by atoms with van der Waals surface area (Å²) >= 11 is 36.9. The van der Waals surface area contributed by atoms with E-state index in [9.17, 15) is 19.5 Å². The molecule has 0 saturated carbocycles. The van der Waals surface area contributed by atoms with Gasteiger partial charge in [0.25, 0.3) is 0 Å². The number of likely N-dealkylation sites (tertiary alicyclic amines) is 1. The van der Waals surface area contributed by atoms with Crippen molar-refractivity contribution >= 4 is 104 Å². The van der Waals surface area contributed by atoms with Crippen molar-refractivity contribution in [2.24, 2.45) is 5.92 Å². The van der Waals surface area contributed by atoms with Crippen LogP contribution in [-0.4, -0.2) is 63.8 Å². The zero-order chi connectivity index (χ0) is 26.4. The first-order valence-electron chi connectivity index (χ1n) is 9.62. The minimum Gasteiger partial charge on any atom is -0.530 e. The van der Waals surface area contributed by atoms with Crippen LogP contribution >= 0.6 is 85.5 Å². The molecule has 2 rings (SSSR count). The van der Waals surface area contributed by atoms with Crippen molar-refractivity contribution in [3.05, 3.63) is 34.3 Å². The smallest absolute Gasteiger partial charge is 0.509 e. The maximum absolute atomic E-state index is 12.6. The number of hydrogen-bond acceptors (Lipinski definition) is 8. The van der Waals surface area contributed by atoms with Gasteiger partial charge in [0.15, 0.2) is 5.60 Å². The highest BCUT2D eigenvalue weighted by Crippen LogP contribution is 2.42. The molecule has 1 fully saturated rings. The summed E-state index contributed by atoms with van der Waals surface area (Å²) in [6.45, 7) is -1.94. The molecule has 196 valence electrons. The molecule has 1 heterocycles. The van der Waals surface area contributed by atoms with Crippen LogP contribution in [0.25, 0.3) is 0 Å². The Morgan fingerprint density at radius 2 is 1.51 bits per heavy atom. The normalized spacial score (nSPS) is 20.7. The summed E-state index contributed by atoms with van der Waals surface area (Å²) in [6, 6.07) is 6.67. The Morgan fingerprint density at radius 3 is 2.03 bits per heavy atom. The number of piperidine rings is 1. The van der Waals surface area contributed by atoms with E-state index in [1.165, 1.54) is 0 Å². The fourth-order valence-electron chi connectivity index (χ4n) is 3.34. The van der Waals surface area contributed by atoms with Crippen LogP contribution in [0, 0.1) is 5.92 Å². The SMILES string of the molecule is O=C(OCC1CN(C(=O)[O-])CCC1(OC(=O)OCC(Cl)(Cl)Cl)c1ccc(Br)cc1)OCC(Cl)(Cl)Cl. The van der Waals surface area contributed by atoms with Crippen LogP contribution in [0.5, 0.6) is 0 Å². The summed E-state index contributed by atoms with van der Waals surface area (Å²) in [4.78, 5) is 37.1. The van der Waals surface area contributed by atoms with Crippen LogP contribution in [0.15, 0.2) is 28.7 Å². The highest BCUT2D eigenvalue weighted by Gasteiger charge is 2.49. The molecule has 2 unspecified atom stereocenters. The highest BCUT2D eigenvalue weighted by atomic mass is 79.9. The predicted octanol–water partition coefficient (Wildman–Crippen LogP) is 5.36. The number of carboxylic acid groups (broad SMARTS) is 1. The van der Waals surface area contributed by atoms with Gasteiger partial charge in [-0.15, -0.1) is 0 Å². The first kappa shape index (κ1) is 30.5. The Balaban J connectivity index is 2.34. The number of halogens is 7. The van der Waals surface area contributed by atoms with Crippen LogP contribution < -0.4 is 5.11 Å². The van der Waals surface area contributed by atoms with Crippen molar-refractivity contribution < 1.29 is 38.4 Å². The molecule has 0 bridgehead atoms. The number of nitrogens with zero attached hydrogens (tertiary/aromatic N) is 1. The molecule has 0 aromatic heterocycles. The van der Waals surface area contributed by atoms with Crippen LogP contribution in [0.2, 0.25) is 0 Å². The lowest BCUT2D eigenvalue weighted by molar-refractivity contribution is -0.270. The largest absolute Gasteiger partial charge is 0.530 e. The zero-order valence-electron chi connectivity index (χ0n) is 17.5. The Kier molecular flexibility index (Phi) is 11.0. The average Bonchev–Trinajstić information content (AvgIpc) is 2.74. The van der Waals surface area contributed by atoms with E-state index in [1.54, 1.807) is 24.3 Å². The number of hydrogen-bond donors (Lipinski definition) is 0. The molecule has 1 aliphatic rings. The quantitative estimate of drug-likeness (QED) is 0.292. The second kappa shape index (κ2) is 12.7. The first-order chi connectivity index (χ1) is 16.1. The van der Waals surface area contributed by atoms with E-state index in [2.05, 4.69) is 15.9 Å². The molecular formula is C19H17BrCl6NO8-. The van der Waals surface area contributed by atoms with E-state index >= 15 is 0 Å². The molecule has 35 heavy (non-hydrogen) atoms. The molecule has 0 aliphatic carbocycles. The minimum absolute atomic E-state index is 0.0390. The van der Waals surface area contributed by atoms with Gasteiger partial charge in [0, 0.05) is 24.0 Å². The van der Waals surface area contributed by atoms with Crippen molar-refractivity contribution in [3.8, 4) is 0 Å². The summed E-state index contributed by atoms with van der Waals surface area (Å²) in [5.74, 6) is -0.934. The molecule has 16 heteroatoms. The van der Waals surface area contributed by atoms with Crippen molar-refractivity contribution in [1.82, 2.24) is 4.90 Å². The second-order valence-electron chi connectivity index (χ2n) is 7.28. The lowest BCUT2D eigenvalue weighted by Crippen LogP contribution is -2.57. The highest BCUT2D eigenvalue weighted by molar-refractivity contribution is 9.10. The van der Waals surface area contributed by atoms with Crippen molar-refractivity contribution in [1.29, 1.82) is 0 Å². The number of amides is 1. The third-order valence-electron chi connectivity index (χ3n) is 4.82. The summed E-state index contributed by atoms with van der Waals surface area (Å²) in [5, 5.41) is 11.5. The van der Waals surface area contributed by atoms with Crippen LogP contribution in [0.4, 0.5) is 14.4 Å². The van der Waals surface area contributed by atoms with Crippen molar-refractivity contribution in [2.75, 3.05) is 32.9 Å². The molecule has 0 N–H and O–H groups in total. The van der Waals surface area contributed by atoms with Gasteiger partial charge in [-0.05, 0) is 17.7 Å². The molecule has 9 nitrogen and oxygen atoms in total. The number of carbonyl (C=O) groups is 3. The monoisotopic (exact) mass is 676 g/mol. The lowest BCUT2D eigenvalue weighted by Gasteiger charge is -2.47. The molecule has 1 aromatic carbocycles. The van der Waals surface area contributed by atoms with Gasteiger partial charge in [-0.25, -0.2) is 9.59 Å². The third kappa shape index (κ3) is 9.91. The van der Waals surface area contributed by atoms with Gasteiger partial charge in [0.2, 0.25) is 7.59 Å². The summed E-state index contributed by atoms with van der Waals surface area (Å²) < 4.78 is 17.4. The van der Waals surface area contributed by atoms with Gasteiger partial charge < -0.3 is 33.7 Å². The van der Waals surface area contributed by atoms with Crippen molar-refractivity contribution in [2.45, 2.75) is 19.6 Å². The fourth-order valence-corrected chi connectivity index (χ4v) is 3.93. The summed E-state index contributed by atoms with van der Waals surface area (Å²) in [7, 11) is 0. The number of alkyl halides is 6. The van der Waals surface area contributed by atoms with E-state index < -0.39 is 57.3 Å². The number of rotatable bonds is 6. The average molecular weight is 680 g/mol. The third-order valence-corrected chi connectivity index (χ3v) is 6.00. The van der Waals surface area contributed by atoms with Gasteiger partial charge in [-0.1, -0.05) is 97.7 Å². The second-order valence-corrected chi connectivity index (χ2v) is 13.2. The Hall–Kier alpha value is -0.750. The Morgan fingerprint density at radius 1 is 0.971 bits per heavy atom. The zero-order valence-corrected chi connectivity index (χ0v) is 23.6. The van der Waals surface area contributed by atoms with E-state index in [0.29, 0.717) is 5.56 Å². The molecule has 0 spiro atoms. The predicted molar refractivity (Wildman–Crippen MR) is 131 cm³/mol. The van der Waals surface area contributed by atoms with Crippen LogP contribution in [0.1, 0.15) is 12.0 Å². The fraction of sp³-hybridized carbons (Fsp3) is 0.526. The lowest BCUT2D eigenvalue weighted by atomic mass is 9.76. The van der Waals surface area contributed by atoms with Crippen LogP contribution in [0.3, 0.4) is 0 Å². The molecule has 1 amide bonds. The van der Waals surface area contributed by atoms with E-state index in [1.807, 2.05) is 0 Å². The van der Waals surface area contributed by atoms with E-state index in [-0.39, 0.29) is 19.5 Å². The minimum atomic E-state index is -1.89. The van der Waals surface area contributed by atoms with Gasteiger partial charge in [0.1, 0.15) is 25.9 Å². The summed E-state index contributed by atoms with van der Waals surface area (Å²) in [6.07, 6.45) is -3.88. The maximum atomic E-state index is 12.6. The molecule has 1 saturated heterocycles. The van der Waals surface area contributed by atoms with Crippen molar-refractivity contribution in [3.63, 3.8) is 0 Å². The van der Waals surface area contributed by atoms with Gasteiger partial charge >= 0.3 is 12.3 Å².